The normalized spacial score (nSPS) is 23.5. The molecule has 0 bridgehead atoms. The zero-order valence-electron chi connectivity index (χ0n) is 18.6. The van der Waals surface area contributed by atoms with E-state index in [1.54, 1.807) is 4.90 Å². The van der Waals surface area contributed by atoms with Gasteiger partial charge in [0.15, 0.2) is 5.54 Å². The molecule has 2 amide bonds. The van der Waals surface area contributed by atoms with Crippen LogP contribution >= 0.6 is 0 Å². The number of hydrogen-bond donors (Lipinski definition) is 1. The standard InChI is InChI=1S/C26H29N3O2/c1-16(2)13-28-15-22(30)29-14-20(18-11-9-17(3)10-12-18)23-19-7-5-6-8-21(19)27-24(23)26(29,4)25(28)31/h5-12,16,20,27H,13-15H2,1-4H3/t20-,26+/m0/s1. The van der Waals surface area contributed by atoms with Gasteiger partial charge in [-0.25, -0.2) is 0 Å². The summed E-state index contributed by atoms with van der Waals surface area (Å²) in [4.78, 5) is 34.3. The number of carbonyl (C=O) groups is 2. The number of nitrogens with zero attached hydrogens (tertiary/aromatic N) is 2. The van der Waals surface area contributed by atoms with Crippen molar-refractivity contribution in [3.63, 3.8) is 0 Å². The molecule has 160 valence electrons. The van der Waals surface area contributed by atoms with E-state index in [2.05, 4.69) is 62.2 Å². The van der Waals surface area contributed by atoms with E-state index in [4.69, 9.17) is 0 Å². The maximum atomic E-state index is 13.8. The third-order valence-electron chi connectivity index (χ3n) is 6.88. The Morgan fingerprint density at radius 2 is 1.81 bits per heavy atom. The van der Waals surface area contributed by atoms with Gasteiger partial charge in [-0.15, -0.1) is 0 Å². The number of aromatic amines is 1. The molecule has 0 unspecified atom stereocenters. The van der Waals surface area contributed by atoms with Crippen LogP contribution in [0.5, 0.6) is 0 Å². The van der Waals surface area contributed by atoms with Crippen LogP contribution in [-0.4, -0.2) is 46.2 Å². The molecular formula is C26H29N3O2. The van der Waals surface area contributed by atoms with E-state index in [1.165, 1.54) is 11.1 Å². The molecule has 3 aromatic rings. The number of amides is 2. The largest absolute Gasteiger partial charge is 0.356 e. The Balaban J connectivity index is 1.73. The van der Waals surface area contributed by atoms with Gasteiger partial charge >= 0.3 is 0 Å². The Morgan fingerprint density at radius 1 is 1.10 bits per heavy atom. The predicted octanol–water partition coefficient (Wildman–Crippen LogP) is 4.16. The third kappa shape index (κ3) is 2.90. The molecule has 3 heterocycles. The molecule has 0 aliphatic carbocycles. The van der Waals surface area contributed by atoms with Gasteiger partial charge < -0.3 is 14.8 Å². The van der Waals surface area contributed by atoms with Gasteiger partial charge in [-0.2, -0.15) is 0 Å². The first-order valence-corrected chi connectivity index (χ1v) is 11.1. The van der Waals surface area contributed by atoms with E-state index in [1.807, 2.05) is 24.0 Å². The van der Waals surface area contributed by atoms with Gasteiger partial charge in [0.05, 0.1) is 12.2 Å². The maximum absolute atomic E-state index is 13.8. The van der Waals surface area contributed by atoms with E-state index >= 15 is 0 Å². The number of benzene rings is 2. The highest BCUT2D eigenvalue weighted by Gasteiger charge is 2.56. The molecule has 5 heteroatoms. The first-order chi connectivity index (χ1) is 14.8. The van der Waals surface area contributed by atoms with E-state index in [-0.39, 0.29) is 24.3 Å². The first kappa shape index (κ1) is 19.9. The minimum Gasteiger partial charge on any atom is -0.356 e. The Kier molecular flexibility index (Phi) is 4.47. The predicted molar refractivity (Wildman–Crippen MR) is 122 cm³/mol. The zero-order valence-corrected chi connectivity index (χ0v) is 18.6. The molecule has 1 aromatic heterocycles. The summed E-state index contributed by atoms with van der Waals surface area (Å²) in [5.41, 5.74) is 4.37. The molecule has 0 spiro atoms. The highest BCUT2D eigenvalue weighted by Crippen LogP contribution is 2.48. The smallest absolute Gasteiger partial charge is 0.254 e. The van der Waals surface area contributed by atoms with Crippen LogP contribution in [0.1, 0.15) is 49.1 Å². The van der Waals surface area contributed by atoms with Crippen LogP contribution in [0.25, 0.3) is 10.9 Å². The summed E-state index contributed by atoms with van der Waals surface area (Å²) < 4.78 is 0. The number of H-pyrrole nitrogens is 1. The van der Waals surface area contributed by atoms with E-state index in [0.717, 1.165) is 22.2 Å². The fourth-order valence-corrected chi connectivity index (χ4v) is 5.36. The topological polar surface area (TPSA) is 56.4 Å². The van der Waals surface area contributed by atoms with Crippen LogP contribution in [-0.2, 0) is 15.1 Å². The zero-order chi connectivity index (χ0) is 21.9. The second-order valence-electron chi connectivity index (χ2n) is 9.58. The van der Waals surface area contributed by atoms with Gasteiger partial charge in [-0.05, 0) is 37.0 Å². The summed E-state index contributed by atoms with van der Waals surface area (Å²) in [6.07, 6.45) is 0. The lowest BCUT2D eigenvalue weighted by Gasteiger charge is -2.51. The SMILES string of the molecule is Cc1ccc([C@@H]2CN3C(=O)CN(CC(C)C)C(=O)[C@@]3(C)c3[nH]c4ccccc4c32)cc1. The van der Waals surface area contributed by atoms with Crippen LogP contribution < -0.4 is 0 Å². The van der Waals surface area contributed by atoms with Crippen molar-refractivity contribution in [2.75, 3.05) is 19.6 Å². The number of aryl methyl sites for hydroxylation is 1. The third-order valence-corrected chi connectivity index (χ3v) is 6.88. The van der Waals surface area contributed by atoms with E-state index < -0.39 is 5.54 Å². The van der Waals surface area contributed by atoms with Crippen molar-refractivity contribution in [2.45, 2.75) is 39.2 Å². The Morgan fingerprint density at radius 3 is 2.52 bits per heavy atom. The lowest BCUT2D eigenvalue weighted by atomic mass is 9.76. The monoisotopic (exact) mass is 415 g/mol. The number of para-hydroxylation sites is 1. The van der Waals surface area contributed by atoms with Gasteiger partial charge in [0, 0.05) is 29.9 Å². The molecule has 1 saturated heterocycles. The number of fused-ring (bicyclic) bond motifs is 5. The Labute approximate surface area is 183 Å². The molecule has 2 aliphatic rings. The lowest BCUT2D eigenvalue weighted by molar-refractivity contribution is -0.166. The van der Waals surface area contributed by atoms with Crippen molar-refractivity contribution in [1.29, 1.82) is 0 Å². The molecule has 2 aliphatic heterocycles. The summed E-state index contributed by atoms with van der Waals surface area (Å²) in [5, 5.41) is 1.13. The summed E-state index contributed by atoms with van der Waals surface area (Å²) in [7, 11) is 0. The van der Waals surface area contributed by atoms with Crippen LogP contribution in [0.15, 0.2) is 48.5 Å². The van der Waals surface area contributed by atoms with E-state index in [9.17, 15) is 9.59 Å². The van der Waals surface area contributed by atoms with E-state index in [0.29, 0.717) is 19.0 Å². The average Bonchev–Trinajstić information content (AvgIpc) is 3.13. The number of hydrogen-bond acceptors (Lipinski definition) is 2. The van der Waals surface area contributed by atoms with Gasteiger partial charge in [0.1, 0.15) is 0 Å². The van der Waals surface area contributed by atoms with Crippen LogP contribution in [0.4, 0.5) is 0 Å². The van der Waals surface area contributed by atoms with Gasteiger partial charge in [0.2, 0.25) is 5.91 Å². The van der Waals surface area contributed by atoms with Gasteiger partial charge in [-0.3, -0.25) is 9.59 Å². The molecule has 5 rings (SSSR count). The second kappa shape index (κ2) is 6.98. The molecule has 1 N–H and O–H groups in total. The molecule has 0 saturated carbocycles. The Bertz CT molecular complexity index is 1180. The molecule has 0 radical (unpaired) electrons. The summed E-state index contributed by atoms with van der Waals surface area (Å²) >= 11 is 0. The summed E-state index contributed by atoms with van der Waals surface area (Å²) in [6, 6.07) is 16.7. The highest BCUT2D eigenvalue weighted by atomic mass is 16.2. The number of nitrogens with one attached hydrogen (secondary N) is 1. The summed E-state index contributed by atoms with van der Waals surface area (Å²) in [6.45, 7) is 9.40. The fraction of sp³-hybridized carbons (Fsp3) is 0.385. The van der Waals surface area contributed by atoms with Crippen molar-refractivity contribution >= 4 is 22.7 Å². The lowest BCUT2D eigenvalue weighted by Crippen LogP contribution is -2.67. The average molecular weight is 416 g/mol. The molecule has 5 nitrogen and oxygen atoms in total. The number of rotatable bonds is 3. The second-order valence-corrected chi connectivity index (χ2v) is 9.58. The summed E-state index contributed by atoms with van der Waals surface area (Å²) in [5.74, 6) is 0.353. The van der Waals surface area contributed by atoms with Crippen molar-refractivity contribution in [2.24, 2.45) is 5.92 Å². The van der Waals surface area contributed by atoms with Gasteiger partial charge in [-0.1, -0.05) is 61.9 Å². The van der Waals surface area contributed by atoms with Gasteiger partial charge in [0.25, 0.3) is 5.91 Å². The van der Waals surface area contributed by atoms with Crippen molar-refractivity contribution in [1.82, 2.24) is 14.8 Å². The highest BCUT2D eigenvalue weighted by molar-refractivity contribution is 6.01. The van der Waals surface area contributed by atoms with Crippen LogP contribution in [0.2, 0.25) is 0 Å². The molecular weight excluding hydrogens is 386 g/mol. The fourth-order valence-electron chi connectivity index (χ4n) is 5.36. The van der Waals surface area contributed by atoms with Crippen molar-refractivity contribution in [3.8, 4) is 0 Å². The number of carbonyl (C=O) groups excluding carboxylic acids is 2. The maximum Gasteiger partial charge on any atom is 0.254 e. The minimum absolute atomic E-state index is 0.0102. The number of aromatic nitrogens is 1. The Hall–Kier alpha value is -3.08. The molecule has 1 fully saturated rings. The first-order valence-electron chi connectivity index (χ1n) is 11.1. The minimum atomic E-state index is -1.01. The number of piperazine rings is 1. The quantitative estimate of drug-likeness (QED) is 0.698. The molecule has 2 atom stereocenters. The van der Waals surface area contributed by atoms with Crippen LogP contribution in [0.3, 0.4) is 0 Å². The molecule has 2 aromatic carbocycles. The molecule has 31 heavy (non-hydrogen) atoms. The van der Waals surface area contributed by atoms with Crippen molar-refractivity contribution < 1.29 is 9.59 Å². The van der Waals surface area contributed by atoms with Crippen LogP contribution in [0, 0.1) is 12.8 Å². The van der Waals surface area contributed by atoms with Crippen molar-refractivity contribution in [3.05, 3.63) is 70.9 Å².